The van der Waals surface area contributed by atoms with Crippen LogP contribution in [0.5, 0.6) is 0 Å². The molecule has 1 heterocycles. The molecule has 0 saturated heterocycles. The number of aromatic nitrogens is 2. The molecule has 0 saturated carbocycles. The van der Waals surface area contributed by atoms with Crippen molar-refractivity contribution in [3.63, 3.8) is 0 Å². The van der Waals surface area contributed by atoms with E-state index in [1.165, 1.54) is 0 Å². The molecule has 4 heteroatoms. The van der Waals surface area contributed by atoms with Crippen LogP contribution < -0.4 is 0 Å². The molecule has 0 bridgehead atoms. The highest BCUT2D eigenvalue weighted by Crippen LogP contribution is 2.34. The summed E-state index contributed by atoms with van der Waals surface area (Å²) in [6, 6.07) is 1.79. The standard InChI is InChI=1S/C12H19ClN2O/c1-6-8-7-9(13)15-11(14-8)10(16-5)12(2,3)4/h7,10H,6H2,1-5H3. The van der Waals surface area contributed by atoms with Crippen LogP contribution in [0.4, 0.5) is 0 Å². The highest BCUT2D eigenvalue weighted by Gasteiger charge is 2.29. The van der Waals surface area contributed by atoms with Crippen LogP contribution in [0.1, 0.15) is 45.3 Å². The molecule has 0 N–H and O–H groups in total. The van der Waals surface area contributed by atoms with Gasteiger partial charge in [-0.2, -0.15) is 0 Å². The maximum absolute atomic E-state index is 5.97. The molecular weight excluding hydrogens is 224 g/mol. The predicted molar refractivity (Wildman–Crippen MR) is 65.6 cm³/mol. The van der Waals surface area contributed by atoms with Crippen LogP contribution in [0.15, 0.2) is 6.07 Å². The lowest BCUT2D eigenvalue weighted by molar-refractivity contribution is 0.00852. The molecule has 1 aromatic heterocycles. The third kappa shape index (κ3) is 3.16. The van der Waals surface area contributed by atoms with E-state index in [1.807, 2.05) is 6.92 Å². The first-order chi connectivity index (χ1) is 7.38. The van der Waals surface area contributed by atoms with Gasteiger partial charge in [-0.1, -0.05) is 39.3 Å². The van der Waals surface area contributed by atoms with Gasteiger partial charge in [0.25, 0.3) is 0 Å². The molecule has 0 amide bonds. The van der Waals surface area contributed by atoms with Gasteiger partial charge >= 0.3 is 0 Å². The van der Waals surface area contributed by atoms with E-state index in [9.17, 15) is 0 Å². The molecule has 0 aliphatic carbocycles. The quantitative estimate of drug-likeness (QED) is 0.762. The van der Waals surface area contributed by atoms with Crippen molar-refractivity contribution in [3.8, 4) is 0 Å². The number of nitrogens with zero attached hydrogens (tertiary/aromatic N) is 2. The SMILES string of the molecule is CCc1cc(Cl)nc(C(OC)C(C)(C)C)n1. The third-order valence-corrected chi connectivity index (χ3v) is 2.58. The van der Waals surface area contributed by atoms with Gasteiger partial charge in [-0.15, -0.1) is 0 Å². The second-order valence-electron chi connectivity index (χ2n) is 4.88. The van der Waals surface area contributed by atoms with E-state index in [2.05, 4.69) is 30.7 Å². The van der Waals surface area contributed by atoms with Crippen LogP contribution in [0.3, 0.4) is 0 Å². The lowest BCUT2D eigenvalue weighted by atomic mass is 9.88. The van der Waals surface area contributed by atoms with Gasteiger partial charge in [0.2, 0.25) is 0 Å². The fraction of sp³-hybridized carbons (Fsp3) is 0.667. The van der Waals surface area contributed by atoms with Gasteiger partial charge < -0.3 is 4.74 Å². The molecule has 16 heavy (non-hydrogen) atoms. The summed E-state index contributed by atoms with van der Waals surface area (Å²) < 4.78 is 5.47. The fourth-order valence-electron chi connectivity index (χ4n) is 1.63. The van der Waals surface area contributed by atoms with E-state index in [0.29, 0.717) is 11.0 Å². The number of hydrogen-bond acceptors (Lipinski definition) is 3. The minimum atomic E-state index is -0.142. The topological polar surface area (TPSA) is 35.0 Å². The summed E-state index contributed by atoms with van der Waals surface area (Å²) in [6.45, 7) is 8.33. The Bertz CT molecular complexity index is 361. The average Bonchev–Trinajstić information content (AvgIpc) is 2.15. The van der Waals surface area contributed by atoms with Crippen molar-refractivity contribution in [1.82, 2.24) is 9.97 Å². The van der Waals surface area contributed by atoms with Gasteiger partial charge in [0.05, 0.1) is 0 Å². The molecule has 3 nitrogen and oxygen atoms in total. The Balaban J connectivity index is 3.15. The lowest BCUT2D eigenvalue weighted by Crippen LogP contribution is -2.22. The molecule has 0 aliphatic heterocycles. The molecule has 0 fully saturated rings. The summed E-state index contributed by atoms with van der Waals surface area (Å²) in [7, 11) is 1.67. The Morgan fingerprint density at radius 1 is 1.38 bits per heavy atom. The third-order valence-electron chi connectivity index (χ3n) is 2.38. The number of ether oxygens (including phenoxy) is 1. The Morgan fingerprint density at radius 3 is 2.44 bits per heavy atom. The smallest absolute Gasteiger partial charge is 0.159 e. The zero-order valence-corrected chi connectivity index (χ0v) is 11.3. The maximum Gasteiger partial charge on any atom is 0.159 e. The van der Waals surface area contributed by atoms with Crippen molar-refractivity contribution in [2.75, 3.05) is 7.11 Å². The zero-order valence-electron chi connectivity index (χ0n) is 10.5. The van der Waals surface area contributed by atoms with Gasteiger partial charge in [0.1, 0.15) is 11.3 Å². The number of hydrogen-bond donors (Lipinski definition) is 0. The number of rotatable bonds is 3. The van der Waals surface area contributed by atoms with Gasteiger partial charge in [-0.25, -0.2) is 9.97 Å². The number of aryl methyl sites for hydroxylation is 1. The van der Waals surface area contributed by atoms with Crippen LogP contribution in [0.2, 0.25) is 5.15 Å². The fourth-order valence-corrected chi connectivity index (χ4v) is 1.84. The van der Waals surface area contributed by atoms with Crippen LogP contribution in [0, 0.1) is 5.41 Å². The average molecular weight is 243 g/mol. The first-order valence-corrected chi connectivity index (χ1v) is 5.82. The lowest BCUT2D eigenvalue weighted by Gasteiger charge is -2.28. The van der Waals surface area contributed by atoms with E-state index >= 15 is 0 Å². The van der Waals surface area contributed by atoms with Crippen LogP contribution in [-0.2, 0) is 11.2 Å². The maximum atomic E-state index is 5.97. The molecule has 0 radical (unpaired) electrons. The first-order valence-electron chi connectivity index (χ1n) is 5.44. The van der Waals surface area contributed by atoms with Crippen LogP contribution >= 0.6 is 11.6 Å². The van der Waals surface area contributed by atoms with Gasteiger partial charge in [0.15, 0.2) is 5.82 Å². The normalized spacial score (nSPS) is 13.9. The summed E-state index contributed by atoms with van der Waals surface area (Å²) in [5.41, 5.74) is 0.895. The monoisotopic (exact) mass is 242 g/mol. The number of methoxy groups -OCH3 is 1. The summed E-state index contributed by atoms with van der Waals surface area (Å²) in [4.78, 5) is 8.72. The highest BCUT2D eigenvalue weighted by atomic mass is 35.5. The molecule has 1 aromatic rings. The molecule has 1 unspecified atom stereocenters. The molecule has 1 rings (SSSR count). The number of halogens is 1. The van der Waals surface area contributed by atoms with E-state index in [0.717, 1.165) is 12.1 Å². The molecule has 90 valence electrons. The van der Waals surface area contributed by atoms with E-state index in [-0.39, 0.29) is 11.5 Å². The molecular formula is C12H19ClN2O. The van der Waals surface area contributed by atoms with Crippen molar-refractivity contribution in [1.29, 1.82) is 0 Å². The van der Waals surface area contributed by atoms with Gasteiger partial charge in [-0.05, 0) is 17.9 Å². The summed E-state index contributed by atoms with van der Waals surface area (Å²) in [5.74, 6) is 0.666. The molecule has 0 aliphatic rings. The second-order valence-corrected chi connectivity index (χ2v) is 5.26. The van der Waals surface area contributed by atoms with Crippen molar-refractivity contribution in [2.24, 2.45) is 5.41 Å². The molecule has 0 aromatic carbocycles. The van der Waals surface area contributed by atoms with E-state index in [1.54, 1.807) is 13.2 Å². The zero-order chi connectivity index (χ0) is 12.3. The Labute approximate surface area is 102 Å². The minimum absolute atomic E-state index is 0.0511. The Hall–Kier alpha value is -0.670. The largest absolute Gasteiger partial charge is 0.373 e. The van der Waals surface area contributed by atoms with Crippen molar-refractivity contribution < 1.29 is 4.74 Å². The Kier molecular flexibility index (Phi) is 4.28. The van der Waals surface area contributed by atoms with E-state index in [4.69, 9.17) is 16.3 Å². The summed E-state index contributed by atoms with van der Waals surface area (Å²) in [6.07, 6.45) is 0.701. The highest BCUT2D eigenvalue weighted by molar-refractivity contribution is 6.29. The predicted octanol–water partition coefficient (Wildman–Crippen LogP) is 3.43. The van der Waals surface area contributed by atoms with Crippen molar-refractivity contribution in [3.05, 3.63) is 22.7 Å². The summed E-state index contributed by atoms with van der Waals surface area (Å²) >= 11 is 5.97. The minimum Gasteiger partial charge on any atom is -0.373 e. The molecule has 1 atom stereocenters. The van der Waals surface area contributed by atoms with Crippen molar-refractivity contribution >= 4 is 11.6 Å². The summed E-state index contributed by atoms with van der Waals surface area (Å²) in [5, 5.41) is 0.480. The van der Waals surface area contributed by atoms with Crippen LogP contribution in [-0.4, -0.2) is 17.1 Å². The van der Waals surface area contributed by atoms with E-state index < -0.39 is 0 Å². The van der Waals surface area contributed by atoms with Gasteiger partial charge in [-0.3, -0.25) is 0 Å². The molecule has 0 spiro atoms. The van der Waals surface area contributed by atoms with Crippen molar-refractivity contribution in [2.45, 2.75) is 40.2 Å². The van der Waals surface area contributed by atoms with Gasteiger partial charge in [0, 0.05) is 12.8 Å². The first kappa shape index (κ1) is 13.4. The van der Waals surface area contributed by atoms with Crippen LogP contribution in [0.25, 0.3) is 0 Å². The Morgan fingerprint density at radius 2 is 2.00 bits per heavy atom. The second kappa shape index (κ2) is 5.11.